The molecule has 1 fully saturated rings. The summed E-state index contributed by atoms with van der Waals surface area (Å²) in [5, 5.41) is 11.5. The number of ketones is 1. The minimum atomic E-state index is -1.07. The average molecular weight is 513 g/mol. The smallest absolute Gasteiger partial charge is 0.350 e. The van der Waals surface area contributed by atoms with E-state index in [0.717, 1.165) is 28.4 Å². The largest absolute Gasteiger partial charge is 0.507 e. The first kappa shape index (κ1) is 24.3. The molecule has 1 atom stereocenters. The van der Waals surface area contributed by atoms with Crippen LogP contribution in [0.3, 0.4) is 0 Å². The molecule has 0 bridgehead atoms. The van der Waals surface area contributed by atoms with Crippen LogP contribution < -0.4 is 4.90 Å². The van der Waals surface area contributed by atoms with E-state index in [4.69, 9.17) is 16.3 Å². The SMILES string of the molecule is C=CCOC(=O)c1sc(N2C(=O)C(=O)/C(=C(/O)c3ccc(F)cc3)C2c2ccc(Cl)cc2)nc1C. The van der Waals surface area contributed by atoms with Crippen LogP contribution in [0.1, 0.15) is 32.5 Å². The fraction of sp³-hybridized carbons (Fsp3) is 0.120. The van der Waals surface area contributed by atoms with Gasteiger partial charge in [-0.3, -0.25) is 14.5 Å². The molecule has 0 aliphatic carbocycles. The predicted molar refractivity (Wildman–Crippen MR) is 130 cm³/mol. The van der Waals surface area contributed by atoms with Gasteiger partial charge in [0.25, 0.3) is 5.78 Å². The summed E-state index contributed by atoms with van der Waals surface area (Å²) < 4.78 is 18.5. The average Bonchev–Trinajstić information content (AvgIpc) is 3.35. The lowest BCUT2D eigenvalue weighted by Gasteiger charge is -2.23. The monoisotopic (exact) mass is 512 g/mol. The number of halogens is 2. The van der Waals surface area contributed by atoms with Gasteiger partial charge in [-0.1, -0.05) is 47.7 Å². The zero-order valence-corrected chi connectivity index (χ0v) is 19.9. The molecular weight excluding hydrogens is 495 g/mol. The van der Waals surface area contributed by atoms with Crippen LogP contribution in [0.2, 0.25) is 5.02 Å². The number of anilines is 1. The van der Waals surface area contributed by atoms with Gasteiger partial charge in [-0.05, 0) is 48.9 Å². The number of Topliss-reactive ketones (excluding diaryl/α,β-unsaturated/α-hetero) is 1. The maximum Gasteiger partial charge on any atom is 0.350 e. The second kappa shape index (κ2) is 9.81. The third-order valence-electron chi connectivity index (χ3n) is 5.26. The fourth-order valence-corrected chi connectivity index (χ4v) is 4.74. The Morgan fingerprint density at radius 3 is 2.51 bits per heavy atom. The van der Waals surface area contributed by atoms with E-state index in [2.05, 4.69) is 11.6 Å². The standard InChI is InChI=1S/C25H18ClFN2O5S/c1-3-12-34-24(33)22-13(2)28-25(35-22)29-19(14-4-8-16(26)9-5-14)18(21(31)23(29)32)20(30)15-6-10-17(27)11-7-15/h3-11,19,30H,1,12H2,2H3/b20-18+. The zero-order valence-electron chi connectivity index (χ0n) is 18.3. The van der Waals surface area contributed by atoms with Crippen LogP contribution in [-0.4, -0.2) is 34.4 Å². The first-order chi connectivity index (χ1) is 16.7. The molecule has 2 aromatic carbocycles. The number of esters is 1. The lowest BCUT2D eigenvalue weighted by atomic mass is 9.95. The van der Waals surface area contributed by atoms with Crippen molar-refractivity contribution in [1.82, 2.24) is 4.98 Å². The van der Waals surface area contributed by atoms with Crippen molar-refractivity contribution in [2.75, 3.05) is 11.5 Å². The van der Waals surface area contributed by atoms with E-state index in [0.29, 0.717) is 16.3 Å². The number of benzene rings is 2. The highest BCUT2D eigenvalue weighted by Crippen LogP contribution is 2.44. The minimum Gasteiger partial charge on any atom is -0.507 e. The van der Waals surface area contributed by atoms with Gasteiger partial charge in [0.15, 0.2) is 5.13 Å². The number of rotatable bonds is 6. The number of amides is 1. The number of ether oxygens (including phenoxy) is 1. The fourth-order valence-electron chi connectivity index (χ4n) is 3.63. The van der Waals surface area contributed by atoms with Crippen molar-refractivity contribution >= 4 is 51.5 Å². The van der Waals surface area contributed by atoms with Crippen LogP contribution in [0.15, 0.2) is 66.8 Å². The summed E-state index contributed by atoms with van der Waals surface area (Å²) in [5.41, 5.74) is 0.746. The molecule has 0 spiro atoms. The highest BCUT2D eigenvalue weighted by atomic mass is 35.5. The quantitative estimate of drug-likeness (QED) is 0.160. The molecule has 1 aromatic heterocycles. The minimum absolute atomic E-state index is 0.00152. The van der Waals surface area contributed by atoms with Crippen LogP contribution in [0.5, 0.6) is 0 Å². The number of hydrogen-bond acceptors (Lipinski definition) is 7. The molecule has 35 heavy (non-hydrogen) atoms. The van der Waals surface area contributed by atoms with E-state index < -0.39 is 35.3 Å². The molecule has 1 aliphatic rings. The molecular formula is C25H18ClFN2O5S. The summed E-state index contributed by atoms with van der Waals surface area (Å²) in [5.74, 6) is -3.52. The number of thiazole rings is 1. The van der Waals surface area contributed by atoms with Crippen molar-refractivity contribution in [3.8, 4) is 0 Å². The molecule has 7 nitrogen and oxygen atoms in total. The summed E-state index contributed by atoms with van der Waals surface area (Å²) in [6, 6.07) is 10.2. The molecule has 4 rings (SSSR count). The molecule has 3 aromatic rings. The molecule has 0 radical (unpaired) electrons. The van der Waals surface area contributed by atoms with Crippen LogP contribution in [0.4, 0.5) is 9.52 Å². The molecule has 1 saturated heterocycles. The summed E-state index contributed by atoms with van der Waals surface area (Å²) in [4.78, 5) is 44.4. The molecule has 2 heterocycles. The van der Waals surface area contributed by atoms with Gasteiger partial charge in [0, 0.05) is 10.6 Å². The van der Waals surface area contributed by atoms with Crippen molar-refractivity contribution in [2.45, 2.75) is 13.0 Å². The highest BCUT2D eigenvalue weighted by molar-refractivity contribution is 7.17. The summed E-state index contributed by atoms with van der Waals surface area (Å²) >= 11 is 6.91. The Bertz CT molecular complexity index is 1370. The molecule has 1 amide bonds. The van der Waals surface area contributed by atoms with Gasteiger partial charge < -0.3 is 9.84 Å². The molecule has 1 aliphatic heterocycles. The van der Waals surface area contributed by atoms with Crippen molar-refractivity contribution in [3.05, 3.63) is 99.3 Å². The lowest BCUT2D eigenvalue weighted by Crippen LogP contribution is -2.29. The van der Waals surface area contributed by atoms with Gasteiger partial charge >= 0.3 is 11.9 Å². The molecule has 178 valence electrons. The van der Waals surface area contributed by atoms with Crippen molar-refractivity contribution in [2.24, 2.45) is 0 Å². The number of carbonyl (C=O) groups excluding carboxylic acids is 3. The third kappa shape index (κ3) is 4.60. The van der Waals surface area contributed by atoms with Crippen LogP contribution in [0, 0.1) is 12.7 Å². The first-order valence-corrected chi connectivity index (χ1v) is 11.5. The molecule has 0 saturated carbocycles. The predicted octanol–water partition coefficient (Wildman–Crippen LogP) is 5.21. The number of aliphatic hydroxyl groups is 1. The van der Waals surface area contributed by atoms with E-state index in [1.54, 1.807) is 31.2 Å². The summed E-state index contributed by atoms with van der Waals surface area (Å²) in [7, 11) is 0. The number of aromatic nitrogens is 1. The number of aliphatic hydroxyl groups excluding tert-OH is 1. The Labute approximate surface area is 208 Å². The third-order valence-corrected chi connectivity index (χ3v) is 6.65. The highest BCUT2D eigenvalue weighted by Gasteiger charge is 2.48. The number of hydrogen-bond donors (Lipinski definition) is 1. The number of nitrogens with zero attached hydrogens (tertiary/aromatic N) is 2. The maximum absolute atomic E-state index is 13.4. The molecule has 1 unspecified atom stereocenters. The second-order valence-electron chi connectivity index (χ2n) is 7.53. The lowest BCUT2D eigenvalue weighted by molar-refractivity contribution is -0.132. The molecule has 10 heteroatoms. The van der Waals surface area contributed by atoms with Gasteiger partial charge in [0.1, 0.15) is 23.1 Å². The van der Waals surface area contributed by atoms with E-state index in [1.807, 2.05) is 0 Å². The Morgan fingerprint density at radius 1 is 1.23 bits per heavy atom. The van der Waals surface area contributed by atoms with Crippen LogP contribution in [0.25, 0.3) is 5.76 Å². The first-order valence-electron chi connectivity index (χ1n) is 10.3. The molecule has 1 N–H and O–H groups in total. The Kier molecular flexibility index (Phi) is 6.81. The topological polar surface area (TPSA) is 96.8 Å². The zero-order chi connectivity index (χ0) is 25.3. The normalized spacial score (nSPS) is 17.0. The Morgan fingerprint density at radius 2 is 1.89 bits per heavy atom. The van der Waals surface area contributed by atoms with Crippen molar-refractivity contribution in [3.63, 3.8) is 0 Å². The summed E-state index contributed by atoms with van der Waals surface area (Å²) in [6.45, 7) is 5.08. The van der Waals surface area contributed by atoms with Gasteiger partial charge in [-0.25, -0.2) is 14.2 Å². The van der Waals surface area contributed by atoms with E-state index in [1.165, 1.54) is 18.2 Å². The van der Waals surface area contributed by atoms with Gasteiger partial charge in [-0.15, -0.1) is 0 Å². The maximum atomic E-state index is 13.4. The van der Waals surface area contributed by atoms with Crippen LogP contribution in [-0.2, 0) is 14.3 Å². The van der Waals surface area contributed by atoms with E-state index in [9.17, 15) is 23.9 Å². The Hall–Kier alpha value is -3.82. The summed E-state index contributed by atoms with van der Waals surface area (Å²) in [6.07, 6.45) is 1.42. The second-order valence-corrected chi connectivity index (χ2v) is 8.94. The van der Waals surface area contributed by atoms with E-state index in [-0.39, 0.29) is 27.8 Å². The van der Waals surface area contributed by atoms with Gasteiger partial charge in [0.05, 0.1) is 17.3 Å². The van der Waals surface area contributed by atoms with Crippen molar-refractivity contribution < 1.29 is 28.6 Å². The van der Waals surface area contributed by atoms with Crippen LogP contribution >= 0.6 is 22.9 Å². The van der Waals surface area contributed by atoms with Gasteiger partial charge in [0.2, 0.25) is 0 Å². The number of aryl methyl sites for hydroxylation is 1. The van der Waals surface area contributed by atoms with E-state index >= 15 is 0 Å². The van der Waals surface area contributed by atoms with Crippen molar-refractivity contribution in [1.29, 1.82) is 0 Å². The van der Waals surface area contributed by atoms with Gasteiger partial charge in [-0.2, -0.15) is 0 Å². The number of carbonyl (C=O) groups is 3. The Balaban J connectivity index is 1.88.